The SMILES string of the molecule is C/C1=C2/N=C(C=C3N/C(=C(/C)C4=N[C@@](C)([C@@H]5N=C1[C@](C)(CCC(=O)O)[C@H]5CC(=O)O)[C@@](C)(CC(=O)O)[C@@H]4CCC(=O)O)[C@@](C)(CC(N)=O)[C@@H]3CCC(=O)O)C(C)(C)[C@@H]2CCC(=O)O. The van der Waals surface area contributed by atoms with Crippen LogP contribution in [0.4, 0.5) is 0 Å². The number of fused-ring (bicyclic) bond motifs is 6. The first-order valence-corrected chi connectivity index (χ1v) is 21.3. The number of aliphatic carboxylic acids is 6. The summed E-state index contributed by atoms with van der Waals surface area (Å²) in [6, 6.07) is -1.13. The van der Waals surface area contributed by atoms with Gasteiger partial charge < -0.3 is 41.7 Å². The van der Waals surface area contributed by atoms with Gasteiger partial charge in [-0.05, 0) is 63.7 Å². The summed E-state index contributed by atoms with van der Waals surface area (Å²) < 4.78 is 0. The molecular weight excluding hydrogens is 819 g/mol. The van der Waals surface area contributed by atoms with Crippen LogP contribution in [0.2, 0.25) is 0 Å². The molecule has 0 spiro atoms. The van der Waals surface area contributed by atoms with E-state index in [2.05, 4.69) is 5.32 Å². The van der Waals surface area contributed by atoms with Gasteiger partial charge in [-0.3, -0.25) is 48.5 Å². The van der Waals surface area contributed by atoms with Crippen molar-refractivity contribution in [1.82, 2.24) is 5.32 Å². The Kier molecular flexibility index (Phi) is 13.1. The van der Waals surface area contributed by atoms with Crippen LogP contribution in [0.15, 0.2) is 49.3 Å². The van der Waals surface area contributed by atoms with Crippen molar-refractivity contribution in [3.63, 3.8) is 0 Å². The average molecular weight is 880 g/mol. The zero-order valence-corrected chi connectivity index (χ0v) is 37.2. The van der Waals surface area contributed by atoms with Crippen LogP contribution in [-0.4, -0.2) is 101 Å². The van der Waals surface area contributed by atoms with Gasteiger partial charge in [0.1, 0.15) is 0 Å². The smallest absolute Gasteiger partial charge is 0.304 e. The zero-order valence-electron chi connectivity index (χ0n) is 37.2. The van der Waals surface area contributed by atoms with E-state index in [9.17, 15) is 64.2 Å². The number of carboxylic acids is 6. The molecule has 0 unspecified atom stereocenters. The van der Waals surface area contributed by atoms with Crippen molar-refractivity contribution >= 4 is 58.9 Å². The van der Waals surface area contributed by atoms with Gasteiger partial charge >= 0.3 is 35.8 Å². The fourth-order valence-electron chi connectivity index (χ4n) is 11.8. The summed E-state index contributed by atoms with van der Waals surface area (Å²) in [5, 5.41) is 64.7. The van der Waals surface area contributed by atoms with E-state index in [1.807, 2.05) is 13.8 Å². The van der Waals surface area contributed by atoms with Crippen molar-refractivity contribution in [2.24, 2.45) is 66.0 Å². The van der Waals surface area contributed by atoms with Crippen LogP contribution in [0.3, 0.4) is 0 Å². The molecule has 0 aromatic rings. The highest BCUT2D eigenvalue weighted by atomic mass is 16.4. The quantitative estimate of drug-likeness (QED) is 0.0864. The van der Waals surface area contributed by atoms with Crippen LogP contribution in [0.1, 0.15) is 126 Å². The van der Waals surface area contributed by atoms with E-state index in [1.54, 1.807) is 47.6 Å². The Morgan fingerprint density at radius 1 is 0.683 bits per heavy atom. The lowest BCUT2D eigenvalue weighted by molar-refractivity contribution is -0.143. The summed E-state index contributed by atoms with van der Waals surface area (Å²) in [6.07, 6.45) is -0.957. The Bertz CT molecular complexity index is 2220. The molecule has 63 heavy (non-hydrogen) atoms. The molecule has 0 aromatic carbocycles. The molecular formula is C45H61N5O13. The van der Waals surface area contributed by atoms with E-state index in [4.69, 9.17) is 20.7 Å². The number of nitrogens with one attached hydrogen (secondary N) is 1. The molecule has 0 saturated carbocycles. The van der Waals surface area contributed by atoms with Crippen LogP contribution in [-0.2, 0) is 33.6 Å². The fraction of sp³-hybridized carbons (Fsp3) is 0.644. The molecule has 0 radical (unpaired) electrons. The Morgan fingerprint density at radius 3 is 1.73 bits per heavy atom. The van der Waals surface area contributed by atoms with Gasteiger partial charge in [-0.15, -0.1) is 0 Å². The number of rotatable bonds is 18. The predicted octanol–water partition coefficient (Wildman–Crippen LogP) is 5.32. The second-order valence-corrected chi connectivity index (χ2v) is 19.5. The summed E-state index contributed by atoms with van der Waals surface area (Å²) >= 11 is 0. The number of aliphatic imine (C=N–C) groups is 3. The second-order valence-electron chi connectivity index (χ2n) is 19.5. The topological polar surface area (TPSA) is 316 Å². The summed E-state index contributed by atoms with van der Waals surface area (Å²) in [5.41, 5.74) is 2.87. The van der Waals surface area contributed by atoms with Gasteiger partial charge in [-0.25, -0.2) is 0 Å². The third kappa shape index (κ3) is 8.56. The van der Waals surface area contributed by atoms with Crippen LogP contribution in [0.25, 0.3) is 0 Å². The van der Waals surface area contributed by atoms with E-state index >= 15 is 0 Å². The average Bonchev–Trinajstić information content (AvgIpc) is 3.75. The molecule has 9 N–H and O–H groups in total. The highest BCUT2D eigenvalue weighted by Gasteiger charge is 2.66. The molecule has 1 saturated heterocycles. The highest BCUT2D eigenvalue weighted by Crippen LogP contribution is 2.62. The maximum atomic E-state index is 13.1. The first-order valence-electron chi connectivity index (χ1n) is 21.3. The maximum absolute atomic E-state index is 13.1. The number of carbonyl (C=O) groups excluding carboxylic acids is 1. The van der Waals surface area contributed by atoms with Crippen LogP contribution >= 0.6 is 0 Å². The molecule has 18 nitrogen and oxygen atoms in total. The number of nitrogens with two attached hydrogens (primary N) is 1. The van der Waals surface area contributed by atoms with E-state index in [0.29, 0.717) is 45.4 Å². The highest BCUT2D eigenvalue weighted by molar-refractivity contribution is 6.10. The third-order valence-corrected chi connectivity index (χ3v) is 15.3. The van der Waals surface area contributed by atoms with Gasteiger partial charge in [0.05, 0.1) is 24.4 Å². The minimum Gasteiger partial charge on any atom is -0.481 e. The Hall–Kier alpha value is -5.68. The molecule has 1 fully saturated rings. The molecule has 5 aliphatic heterocycles. The van der Waals surface area contributed by atoms with Crippen molar-refractivity contribution in [2.45, 2.75) is 138 Å². The molecule has 8 bridgehead atoms. The number of hydrogen-bond donors (Lipinski definition) is 8. The number of nitrogens with zero attached hydrogens (tertiary/aromatic N) is 3. The van der Waals surface area contributed by atoms with Crippen molar-refractivity contribution in [2.75, 3.05) is 0 Å². The predicted molar refractivity (Wildman–Crippen MR) is 229 cm³/mol. The van der Waals surface area contributed by atoms with Gasteiger partial charge in [0.25, 0.3) is 0 Å². The molecule has 5 heterocycles. The van der Waals surface area contributed by atoms with E-state index in [-0.39, 0.29) is 51.4 Å². The van der Waals surface area contributed by atoms with Crippen molar-refractivity contribution in [3.05, 3.63) is 34.3 Å². The molecule has 5 aliphatic rings. The van der Waals surface area contributed by atoms with Crippen LogP contribution in [0.5, 0.6) is 0 Å². The van der Waals surface area contributed by atoms with E-state index < -0.39 is 118 Å². The number of amides is 1. The zero-order chi connectivity index (χ0) is 47.4. The standard InChI is InChI=1S/C45H61N5O13/c1-21-36-24(10-13-31(54)55)41(3,4)28(48-36)18-27-23(9-12-30(52)53)43(6,19-29(46)51)39(47-27)22(2)37-25(11-14-32(56)57)44(7,20-35(62)63)45(8,50-37)40-26(17-34(60)61)42(5,38(21)49-40)16-15-33(58)59/h18,23-26,40,47H,9-17,19-20H2,1-8H3,(H2,46,51)(H,52,53)(H,54,55)(H,56,57)(H,58,59)(H,60,61)(H,62,63)/b27-18?,36-21-,39-22-/t23-,24-,25-,26+,40-,42-,43+,44+,45+/m1/s1. The second kappa shape index (κ2) is 17.1. The number of carboxylic acid groups (broad SMARTS) is 6. The van der Waals surface area contributed by atoms with Gasteiger partial charge in [0.2, 0.25) is 5.91 Å². The maximum Gasteiger partial charge on any atom is 0.304 e. The Labute approximate surface area is 365 Å². The lowest BCUT2D eigenvalue weighted by Gasteiger charge is -2.48. The Morgan fingerprint density at radius 2 is 1.22 bits per heavy atom. The van der Waals surface area contributed by atoms with Crippen LogP contribution < -0.4 is 11.1 Å². The van der Waals surface area contributed by atoms with Crippen LogP contribution in [0, 0.1) is 45.3 Å². The van der Waals surface area contributed by atoms with Gasteiger partial charge in [-0.2, -0.15) is 0 Å². The molecule has 18 heteroatoms. The summed E-state index contributed by atoms with van der Waals surface area (Å²) in [6.45, 7) is 14.2. The van der Waals surface area contributed by atoms with Crippen molar-refractivity contribution in [1.29, 1.82) is 0 Å². The van der Waals surface area contributed by atoms with Gasteiger partial charge in [0, 0.05) is 112 Å². The molecule has 0 aromatic heterocycles. The lowest BCUT2D eigenvalue weighted by Crippen LogP contribution is -2.55. The normalized spacial score (nSPS) is 35.3. The minimum atomic E-state index is -1.60. The van der Waals surface area contributed by atoms with E-state index in [1.165, 1.54) is 0 Å². The number of primary amides is 1. The lowest BCUT2D eigenvalue weighted by atomic mass is 9.55. The molecule has 5 rings (SSSR count). The van der Waals surface area contributed by atoms with Gasteiger partial charge in [-0.1, -0.05) is 34.6 Å². The van der Waals surface area contributed by atoms with Crippen molar-refractivity contribution < 1.29 is 64.2 Å². The Balaban J connectivity index is 2.03. The largest absolute Gasteiger partial charge is 0.481 e. The number of allylic oxidation sites excluding steroid dienone is 6. The summed E-state index contributed by atoms with van der Waals surface area (Å²) in [5.74, 6) is -10.8. The molecule has 1 amide bonds. The first-order chi connectivity index (χ1) is 29.0. The third-order valence-electron chi connectivity index (χ3n) is 15.3. The van der Waals surface area contributed by atoms with Crippen molar-refractivity contribution in [3.8, 4) is 0 Å². The van der Waals surface area contributed by atoms with Gasteiger partial charge in [0.15, 0.2) is 0 Å². The van der Waals surface area contributed by atoms with E-state index in [0.717, 1.165) is 0 Å². The number of carbonyl (C=O) groups is 7. The monoisotopic (exact) mass is 879 g/mol. The minimum absolute atomic E-state index is 0.0354. The molecule has 9 atom stereocenters. The molecule has 344 valence electrons. The summed E-state index contributed by atoms with van der Waals surface area (Å²) in [4.78, 5) is 104. The number of hydrogen-bond acceptors (Lipinski definition) is 11. The molecule has 0 aliphatic carbocycles. The first kappa shape index (κ1) is 48.4. The fourth-order valence-corrected chi connectivity index (χ4v) is 11.8. The summed E-state index contributed by atoms with van der Waals surface area (Å²) in [7, 11) is 0.